The molecular formula is C15H18F2N2. The van der Waals surface area contributed by atoms with E-state index < -0.39 is 11.5 Å². The number of nitrogens with two attached hydrogens (primary N) is 1. The van der Waals surface area contributed by atoms with Crippen LogP contribution in [0, 0.1) is 0 Å². The standard InChI is InChI=1S/C15H18F2N2/c1-19-9-4-11-2-3-12(10-13(11)19)14(18)5-7-15(16,17)8-6-14/h2-4,9-10H,5-8,18H2,1H3. The molecule has 1 heterocycles. The maximum Gasteiger partial charge on any atom is 0.248 e. The second-order valence-corrected chi connectivity index (χ2v) is 5.71. The summed E-state index contributed by atoms with van der Waals surface area (Å²) in [5, 5.41) is 1.15. The Morgan fingerprint density at radius 3 is 2.47 bits per heavy atom. The Balaban J connectivity index is 1.97. The highest BCUT2D eigenvalue weighted by molar-refractivity contribution is 5.81. The van der Waals surface area contributed by atoms with Gasteiger partial charge in [-0.1, -0.05) is 12.1 Å². The van der Waals surface area contributed by atoms with Gasteiger partial charge in [0.15, 0.2) is 0 Å². The van der Waals surface area contributed by atoms with E-state index in [1.165, 1.54) is 0 Å². The zero-order valence-corrected chi connectivity index (χ0v) is 11.0. The molecule has 0 saturated heterocycles. The number of rotatable bonds is 1. The van der Waals surface area contributed by atoms with Crippen LogP contribution in [0.1, 0.15) is 31.2 Å². The van der Waals surface area contributed by atoms with Gasteiger partial charge in [0.2, 0.25) is 5.92 Å². The summed E-state index contributed by atoms with van der Waals surface area (Å²) in [6.45, 7) is 0. The second kappa shape index (κ2) is 4.04. The van der Waals surface area contributed by atoms with Crippen molar-refractivity contribution in [2.24, 2.45) is 12.8 Å². The molecule has 3 rings (SSSR count). The van der Waals surface area contributed by atoms with E-state index in [0.29, 0.717) is 12.8 Å². The largest absolute Gasteiger partial charge is 0.351 e. The Labute approximate surface area is 111 Å². The molecule has 0 radical (unpaired) electrons. The molecule has 1 fully saturated rings. The first-order chi connectivity index (χ1) is 8.90. The van der Waals surface area contributed by atoms with Crippen LogP contribution in [-0.2, 0) is 12.6 Å². The summed E-state index contributed by atoms with van der Waals surface area (Å²) in [6.07, 6.45) is 2.45. The average Bonchev–Trinajstić information content (AvgIpc) is 2.75. The number of hydrogen-bond acceptors (Lipinski definition) is 1. The SMILES string of the molecule is Cn1ccc2ccc(C3(N)CCC(F)(F)CC3)cc21. The van der Waals surface area contributed by atoms with Crippen molar-refractivity contribution in [3.63, 3.8) is 0 Å². The smallest absolute Gasteiger partial charge is 0.248 e. The molecule has 0 atom stereocenters. The molecule has 1 aromatic carbocycles. The predicted octanol–water partition coefficient (Wildman–Crippen LogP) is 3.54. The van der Waals surface area contributed by atoms with E-state index in [9.17, 15) is 8.78 Å². The van der Waals surface area contributed by atoms with Gasteiger partial charge in [-0.2, -0.15) is 0 Å². The molecular weight excluding hydrogens is 246 g/mol. The Hall–Kier alpha value is -1.42. The average molecular weight is 264 g/mol. The molecule has 0 spiro atoms. The molecule has 1 aliphatic rings. The van der Waals surface area contributed by atoms with Crippen LogP contribution in [0.5, 0.6) is 0 Å². The number of fused-ring (bicyclic) bond motifs is 1. The van der Waals surface area contributed by atoms with Gasteiger partial charge >= 0.3 is 0 Å². The third-order valence-corrected chi connectivity index (χ3v) is 4.34. The lowest BCUT2D eigenvalue weighted by molar-refractivity contribution is -0.0513. The van der Waals surface area contributed by atoms with Crippen LogP contribution in [0.2, 0.25) is 0 Å². The Morgan fingerprint density at radius 2 is 1.79 bits per heavy atom. The molecule has 4 heteroatoms. The lowest BCUT2D eigenvalue weighted by Gasteiger charge is -2.37. The van der Waals surface area contributed by atoms with Gasteiger partial charge in [-0.15, -0.1) is 0 Å². The lowest BCUT2D eigenvalue weighted by Crippen LogP contribution is -2.43. The topological polar surface area (TPSA) is 30.9 Å². The summed E-state index contributed by atoms with van der Waals surface area (Å²) in [5.41, 5.74) is 7.82. The molecule has 2 N–H and O–H groups in total. The van der Waals surface area contributed by atoms with Crippen molar-refractivity contribution in [3.8, 4) is 0 Å². The zero-order chi connectivity index (χ0) is 13.7. The Morgan fingerprint density at radius 1 is 1.11 bits per heavy atom. The van der Waals surface area contributed by atoms with Gasteiger partial charge in [-0.25, -0.2) is 8.78 Å². The van der Waals surface area contributed by atoms with Gasteiger partial charge in [0.25, 0.3) is 0 Å². The van der Waals surface area contributed by atoms with Crippen molar-refractivity contribution in [1.82, 2.24) is 4.57 Å². The highest BCUT2D eigenvalue weighted by atomic mass is 19.3. The molecule has 0 unspecified atom stereocenters. The van der Waals surface area contributed by atoms with Crippen LogP contribution in [0.25, 0.3) is 10.9 Å². The highest BCUT2D eigenvalue weighted by Crippen LogP contribution is 2.42. The van der Waals surface area contributed by atoms with Crippen molar-refractivity contribution >= 4 is 10.9 Å². The van der Waals surface area contributed by atoms with Crippen molar-refractivity contribution in [2.45, 2.75) is 37.1 Å². The van der Waals surface area contributed by atoms with Gasteiger partial charge in [0.1, 0.15) is 0 Å². The second-order valence-electron chi connectivity index (χ2n) is 5.71. The first kappa shape index (κ1) is 12.6. The molecule has 1 aromatic heterocycles. The minimum atomic E-state index is -2.54. The van der Waals surface area contributed by atoms with Crippen molar-refractivity contribution in [3.05, 3.63) is 36.0 Å². The normalized spacial score (nSPS) is 21.7. The Kier molecular flexibility index (Phi) is 2.68. The summed E-state index contributed by atoms with van der Waals surface area (Å²) in [7, 11) is 1.98. The molecule has 0 amide bonds. The van der Waals surface area contributed by atoms with Crippen molar-refractivity contribution in [1.29, 1.82) is 0 Å². The molecule has 19 heavy (non-hydrogen) atoms. The maximum atomic E-state index is 13.3. The zero-order valence-electron chi connectivity index (χ0n) is 11.0. The van der Waals surface area contributed by atoms with E-state index >= 15 is 0 Å². The molecule has 1 aliphatic carbocycles. The van der Waals surface area contributed by atoms with Crippen LogP contribution in [0.3, 0.4) is 0 Å². The molecule has 102 valence electrons. The predicted molar refractivity (Wildman–Crippen MR) is 72.2 cm³/mol. The van der Waals surface area contributed by atoms with E-state index in [-0.39, 0.29) is 12.8 Å². The molecule has 0 aliphatic heterocycles. The van der Waals surface area contributed by atoms with Crippen LogP contribution in [0.15, 0.2) is 30.5 Å². The van der Waals surface area contributed by atoms with E-state index in [4.69, 9.17) is 5.73 Å². The number of aryl methyl sites for hydroxylation is 1. The third kappa shape index (κ3) is 2.14. The van der Waals surface area contributed by atoms with E-state index in [2.05, 4.69) is 0 Å². The summed E-state index contributed by atoms with van der Waals surface area (Å²) >= 11 is 0. The minimum absolute atomic E-state index is 0.116. The number of hydrogen-bond donors (Lipinski definition) is 1. The monoisotopic (exact) mass is 264 g/mol. The van der Waals surface area contributed by atoms with E-state index in [1.807, 2.05) is 42.1 Å². The fourth-order valence-electron chi connectivity index (χ4n) is 2.92. The summed E-state index contributed by atoms with van der Waals surface area (Å²) in [6, 6.07) is 8.08. The summed E-state index contributed by atoms with van der Waals surface area (Å²) in [4.78, 5) is 0. The van der Waals surface area contributed by atoms with Crippen LogP contribution >= 0.6 is 0 Å². The van der Waals surface area contributed by atoms with E-state index in [0.717, 1.165) is 16.5 Å². The Bertz CT molecular complexity index is 606. The van der Waals surface area contributed by atoms with E-state index in [1.54, 1.807) is 0 Å². The number of aromatic nitrogens is 1. The maximum absolute atomic E-state index is 13.3. The van der Waals surface area contributed by atoms with Crippen LogP contribution in [0.4, 0.5) is 8.78 Å². The van der Waals surface area contributed by atoms with Gasteiger partial charge < -0.3 is 10.3 Å². The molecule has 2 nitrogen and oxygen atoms in total. The van der Waals surface area contributed by atoms with Gasteiger partial charge in [0.05, 0.1) is 0 Å². The summed E-state index contributed by atoms with van der Waals surface area (Å²) < 4.78 is 28.6. The number of halogens is 2. The fraction of sp³-hybridized carbons (Fsp3) is 0.467. The van der Waals surface area contributed by atoms with Gasteiger partial charge in [-0.05, 0) is 35.9 Å². The number of nitrogens with zero attached hydrogens (tertiary/aromatic N) is 1. The fourth-order valence-corrected chi connectivity index (χ4v) is 2.92. The molecule has 1 saturated carbocycles. The first-order valence-corrected chi connectivity index (χ1v) is 6.62. The van der Waals surface area contributed by atoms with Gasteiger partial charge in [-0.3, -0.25) is 0 Å². The quantitative estimate of drug-likeness (QED) is 0.839. The molecule has 0 bridgehead atoms. The first-order valence-electron chi connectivity index (χ1n) is 6.62. The lowest BCUT2D eigenvalue weighted by atomic mass is 9.76. The van der Waals surface area contributed by atoms with Crippen molar-refractivity contribution < 1.29 is 8.78 Å². The van der Waals surface area contributed by atoms with Gasteiger partial charge in [0, 0.05) is 37.1 Å². The van der Waals surface area contributed by atoms with Crippen LogP contribution < -0.4 is 5.73 Å². The third-order valence-electron chi connectivity index (χ3n) is 4.34. The molecule has 2 aromatic rings. The number of benzene rings is 1. The number of alkyl halides is 2. The highest BCUT2D eigenvalue weighted by Gasteiger charge is 2.42. The van der Waals surface area contributed by atoms with Crippen molar-refractivity contribution in [2.75, 3.05) is 0 Å². The van der Waals surface area contributed by atoms with Crippen LogP contribution in [-0.4, -0.2) is 10.5 Å². The summed E-state index contributed by atoms with van der Waals surface area (Å²) in [5.74, 6) is -2.54. The minimum Gasteiger partial charge on any atom is -0.351 e.